The van der Waals surface area contributed by atoms with Gasteiger partial charge in [-0.05, 0) is 56.4 Å². The zero-order valence-electron chi connectivity index (χ0n) is 19.6. The van der Waals surface area contributed by atoms with E-state index >= 15 is 0 Å². The Hall–Kier alpha value is -3.19. The fraction of sp³-hybridized carbons (Fsp3) is 0.423. The van der Waals surface area contributed by atoms with Gasteiger partial charge in [0, 0.05) is 18.6 Å². The fourth-order valence-corrected chi connectivity index (χ4v) is 4.78. The summed E-state index contributed by atoms with van der Waals surface area (Å²) in [7, 11) is 1.64. The molecule has 1 unspecified atom stereocenters. The monoisotopic (exact) mass is 448 g/mol. The third-order valence-electron chi connectivity index (χ3n) is 6.39. The van der Waals surface area contributed by atoms with Crippen LogP contribution in [-0.2, 0) is 16.7 Å². The molecule has 1 aliphatic rings. The standard InChI is InChI=1S/C26H32N4O3/c1-25(2)19-26(14-16-33-25,21-7-5-4-6-8-21)13-15-27-24(31)23-18-30(29-28-23)17-20-9-11-22(32-3)12-10-20/h4-12,18H,13-17,19H2,1-3H3,(H,27,31). The van der Waals surface area contributed by atoms with Crippen LogP contribution < -0.4 is 10.1 Å². The molecule has 0 aliphatic carbocycles. The van der Waals surface area contributed by atoms with Gasteiger partial charge in [0.2, 0.25) is 0 Å². The largest absolute Gasteiger partial charge is 0.497 e. The minimum atomic E-state index is -0.203. The number of hydrogen-bond donors (Lipinski definition) is 1. The number of nitrogens with one attached hydrogen (secondary N) is 1. The number of benzene rings is 2. The van der Waals surface area contributed by atoms with Crippen LogP contribution in [0.5, 0.6) is 5.75 Å². The van der Waals surface area contributed by atoms with E-state index in [4.69, 9.17) is 9.47 Å². The molecule has 2 heterocycles. The number of nitrogens with zero attached hydrogens (tertiary/aromatic N) is 3. The number of amides is 1. The topological polar surface area (TPSA) is 78.3 Å². The van der Waals surface area contributed by atoms with E-state index in [0.717, 1.165) is 37.2 Å². The second-order valence-corrected chi connectivity index (χ2v) is 9.34. The predicted octanol–water partition coefficient (Wildman–Crippen LogP) is 3.98. The molecule has 1 fully saturated rings. The van der Waals surface area contributed by atoms with Gasteiger partial charge in [-0.25, -0.2) is 4.68 Å². The van der Waals surface area contributed by atoms with Crippen molar-refractivity contribution in [2.24, 2.45) is 0 Å². The van der Waals surface area contributed by atoms with E-state index in [-0.39, 0.29) is 16.9 Å². The quantitative estimate of drug-likeness (QED) is 0.564. The Kier molecular flexibility index (Phi) is 6.79. The molecule has 0 bridgehead atoms. The molecule has 33 heavy (non-hydrogen) atoms. The maximum Gasteiger partial charge on any atom is 0.273 e. The summed E-state index contributed by atoms with van der Waals surface area (Å²) >= 11 is 0. The van der Waals surface area contributed by atoms with Crippen LogP contribution in [0.15, 0.2) is 60.8 Å². The molecule has 1 N–H and O–H groups in total. The lowest BCUT2D eigenvalue weighted by atomic mass is 9.67. The molecule has 2 aromatic carbocycles. The van der Waals surface area contributed by atoms with E-state index < -0.39 is 0 Å². The van der Waals surface area contributed by atoms with Gasteiger partial charge in [-0.3, -0.25) is 4.79 Å². The summed E-state index contributed by atoms with van der Waals surface area (Å²) in [6.45, 7) is 6.11. The molecule has 0 saturated carbocycles. The summed E-state index contributed by atoms with van der Waals surface area (Å²) < 4.78 is 12.8. The SMILES string of the molecule is COc1ccc(Cn2cc(C(=O)NCCC3(c4ccccc4)CCOC(C)(C)C3)nn2)cc1. The van der Waals surface area contributed by atoms with Crippen LogP contribution in [0, 0.1) is 0 Å². The van der Waals surface area contributed by atoms with E-state index in [0.29, 0.717) is 18.8 Å². The first-order valence-corrected chi connectivity index (χ1v) is 11.4. The molecule has 7 nitrogen and oxygen atoms in total. The van der Waals surface area contributed by atoms with Crippen molar-refractivity contribution in [2.75, 3.05) is 20.3 Å². The predicted molar refractivity (Wildman–Crippen MR) is 126 cm³/mol. The van der Waals surface area contributed by atoms with Gasteiger partial charge >= 0.3 is 0 Å². The Morgan fingerprint density at radius 2 is 1.91 bits per heavy atom. The zero-order valence-corrected chi connectivity index (χ0v) is 19.6. The normalized spacial score (nSPS) is 19.7. The molecular formula is C26H32N4O3. The van der Waals surface area contributed by atoms with Crippen molar-refractivity contribution >= 4 is 5.91 Å². The highest BCUT2D eigenvalue weighted by Crippen LogP contribution is 2.43. The molecule has 1 saturated heterocycles. The highest BCUT2D eigenvalue weighted by atomic mass is 16.5. The summed E-state index contributed by atoms with van der Waals surface area (Å²) in [6, 6.07) is 18.3. The summed E-state index contributed by atoms with van der Waals surface area (Å²) in [5, 5.41) is 11.2. The fourth-order valence-electron chi connectivity index (χ4n) is 4.78. The highest BCUT2D eigenvalue weighted by molar-refractivity contribution is 5.91. The van der Waals surface area contributed by atoms with E-state index in [2.05, 4.69) is 53.7 Å². The van der Waals surface area contributed by atoms with Gasteiger partial charge in [0.15, 0.2) is 5.69 Å². The Bertz CT molecular complexity index is 1060. The molecule has 1 aromatic heterocycles. The van der Waals surface area contributed by atoms with Gasteiger partial charge < -0.3 is 14.8 Å². The van der Waals surface area contributed by atoms with Gasteiger partial charge in [0.1, 0.15) is 5.75 Å². The van der Waals surface area contributed by atoms with Crippen molar-refractivity contribution in [3.63, 3.8) is 0 Å². The molecule has 0 spiro atoms. The van der Waals surface area contributed by atoms with Crippen LogP contribution in [0.25, 0.3) is 0 Å². The van der Waals surface area contributed by atoms with Gasteiger partial charge in [-0.1, -0.05) is 47.7 Å². The van der Waals surface area contributed by atoms with Crippen molar-refractivity contribution in [1.82, 2.24) is 20.3 Å². The van der Waals surface area contributed by atoms with Crippen molar-refractivity contribution in [1.29, 1.82) is 0 Å². The zero-order chi connectivity index (χ0) is 23.3. The van der Waals surface area contributed by atoms with Crippen molar-refractivity contribution in [3.8, 4) is 5.75 Å². The van der Waals surface area contributed by atoms with E-state index in [1.165, 1.54) is 5.56 Å². The average molecular weight is 449 g/mol. The second kappa shape index (κ2) is 9.75. The third kappa shape index (κ3) is 5.60. The Labute approximate surface area is 195 Å². The maximum absolute atomic E-state index is 12.7. The number of rotatable bonds is 8. The lowest BCUT2D eigenvalue weighted by Gasteiger charge is -2.45. The molecule has 7 heteroatoms. The van der Waals surface area contributed by atoms with Gasteiger partial charge in [0.25, 0.3) is 5.91 Å². The maximum atomic E-state index is 12.7. The molecule has 0 radical (unpaired) electrons. The van der Waals surface area contributed by atoms with Gasteiger partial charge in [0.05, 0.1) is 25.5 Å². The van der Waals surface area contributed by atoms with Crippen LogP contribution in [-0.4, -0.2) is 46.8 Å². The lowest BCUT2D eigenvalue weighted by molar-refractivity contribution is -0.0838. The molecular weight excluding hydrogens is 416 g/mol. The average Bonchev–Trinajstić information content (AvgIpc) is 3.28. The molecule has 1 amide bonds. The molecule has 1 atom stereocenters. The summed E-state index contributed by atoms with van der Waals surface area (Å²) in [5.41, 5.74) is 2.47. The number of ether oxygens (including phenoxy) is 2. The summed E-state index contributed by atoms with van der Waals surface area (Å²) in [6.07, 6.45) is 4.38. The number of carbonyl (C=O) groups excluding carboxylic acids is 1. The van der Waals surface area contributed by atoms with Crippen molar-refractivity contribution in [3.05, 3.63) is 77.6 Å². The highest BCUT2D eigenvalue weighted by Gasteiger charge is 2.41. The lowest BCUT2D eigenvalue weighted by Crippen LogP contribution is -2.45. The van der Waals surface area contributed by atoms with Crippen LogP contribution in [0.1, 0.15) is 54.7 Å². The van der Waals surface area contributed by atoms with Gasteiger partial charge in [-0.2, -0.15) is 0 Å². The van der Waals surface area contributed by atoms with Crippen LogP contribution >= 0.6 is 0 Å². The number of carbonyl (C=O) groups is 1. The molecule has 174 valence electrons. The number of methoxy groups -OCH3 is 1. The minimum Gasteiger partial charge on any atom is -0.497 e. The first kappa shape index (κ1) is 23.0. The van der Waals surface area contributed by atoms with Crippen LogP contribution in [0.4, 0.5) is 0 Å². The van der Waals surface area contributed by atoms with Gasteiger partial charge in [-0.15, -0.1) is 5.10 Å². The molecule has 4 rings (SSSR count). The summed E-state index contributed by atoms with van der Waals surface area (Å²) in [4.78, 5) is 12.7. The van der Waals surface area contributed by atoms with Crippen molar-refractivity contribution in [2.45, 2.75) is 50.7 Å². The smallest absolute Gasteiger partial charge is 0.273 e. The second-order valence-electron chi connectivity index (χ2n) is 9.34. The van der Waals surface area contributed by atoms with E-state index in [1.54, 1.807) is 18.0 Å². The first-order valence-electron chi connectivity index (χ1n) is 11.4. The third-order valence-corrected chi connectivity index (χ3v) is 6.39. The number of hydrogen-bond acceptors (Lipinski definition) is 5. The number of aromatic nitrogens is 3. The van der Waals surface area contributed by atoms with Crippen LogP contribution in [0.2, 0.25) is 0 Å². The first-order chi connectivity index (χ1) is 15.9. The van der Waals surface area contributed by atoms with Crippen LogP contribution in [0.3, 0.4) is 0 Å². The van der Waals surface area contributed by atoms with E-state index in [9.17, 15) is 4.79 Å². The Morgan fingerprint density at radius 3 is 2.61 bits per heavy atom. The Morgan fingerprint density at radius 1 is 1.15 bits per heavy atom. The molecule has 3 aromatic rings. The minimum absolute atomic E-state index is 0.0255. The molecule has 1 aliphatic heterocycles. The summed E-state index contributed by atoms with van der Waals surface area (Å²) in [5.74, 6) is 0.601. The Balaban J connectivity index is 1.37. The van der Waals surface area contributed by atoms with E-state index in [1.807, 2.05) is 30.3 Å². The van der Waals surface area contributed by atoms with Crippen molar-refractivity contribution < 1.29 is 14.3 Å².